The van der Waals surface area contributed by atoms with E-state index in [2.05, 4.69) is 20.2 Å². The first kappa shape index (κ1) is 20.5. The van der Waals surface area contributed by atoms with Crippen molar-refractivity contribution in [1.82, 2.24) is 25.1 Å². The Morgan fingerprint density at radius 2 is 2.00 bits per heavy atom. The van der Waals surface area contributed by atoms with E-state index in [1.54, 1.807) is 18.2 Å². The molecule has 0 fully saturated rings. The second kappa shape index (κ2) is 9.35. The van der Waals surface area contributed by atoms with Crippen LogP contribution in [-0.4, -0.2) is 64.6 Å². The quantitative estimate of drug-likeness (QED) is 0.596. The molecule has 0 radical (unpaired) electrons. The number of carbonyl (C=O) groups is 1. The third kappa shape index (κ3) is 4.69. The number of anilines is 1. The summed E-state index contributed by atoms with van der Waals surface area (Å²) in [5, 5.41) is 8.17. The van der Waals surface area contributed by atoms with Gasteiger partial charge in [0.05, 0.1) is 18.5 Å². The molecule has 10 nitrogen and oxygen atoms in total. The van der Waals surface area contributed by atoms with E-state index in [0.717, 1.165) is 11.1 Å². The van der Waals surface area contributed by atoms with Crippen LogP contribution in [0.25, 0.3) is 28.6 Å². The monoisotopic (exact) mass is 422 g/mol. The summed E-state index contributed by atoms with van der Waals surface area (Å²) < 4.78 is 15.8. The van der Waals surface area contributed by atoms with E-state index < -0.39 is 0 Å². The van der Waals surface area contributed by atoms with Gasteiger partial charge in [0.25, 0.3) is 5.89 Å². The fraction of sp³-hybridized carbons (Fsp3) is 0.286. The summed E-state index contributed by atoms with van der Waals surface area (Å²) in [6.45, 7) is 1.52. The molecule has 1 aliphatic heterocycles. The lowest BCUT2D eigenvalue weighted by Gasteiger charge is -2.25. The average Bonchev–Trinajstić information content (AvgIpc) is 3.30. The van der Waals surface area contributed by atoms with Gasteiger partial charge in [0.1, 0.15) is 6.61 Å². The predicted molar refractivity (Wildman–Crippen MR) is 113 cm³/mol. The number of rotatable bonds is 6. The molecule has 2 aromatic heterocycles. The number of benzene rings is 1. The van der Waals surface area contributed by atoms with E-state index in [0.29, 0.717) is 43.4 Å². The molecule has 4 rings (SSSR count). The lowest BCUT2D eigenvalue weighted by molar-refractivity contribution is 0.0741. The van der Waals surface area contributed by atoms with Crippen LogP contribution in [0.1, 0.15) is 12.1 Å². The van der Waals surface area contributed by atoms with Crippen molar-refractivity contribution in [3.63, 3.8) is 0 Å². The Labute approximate surface area is 178 Å². The maximum absolute atomic E-state index is 12.1. The molecule has 2 N–H and O–H groups in total. The maximum Gasteiger partial charge on any atom is 0.410 e. The second-order valence-electron chi connectivity index (χ2n) is 6.80. The van der Waals surface area contributed by atoms with Gasteiger partial charge in [-0.3, -0.25) is 0 Å². The molecule has 0 atom stereocenters. The summed E-state index contributed by atoms with van der Waals surface area (Å²) >= 11 is 0. The largest absolute Gasteiger partial charge is 0.447 e. The molecule has 0 spiro atoms. The van der Waals surface area contributed by atoms with E-state index in [1.807, 2.05) is 36.4 Å². The van der Waals surface area contributed by atoms with Crippen LogP contribution in [0, 0.1) is 0 Å². The number of aromatic nitrogens is 4. The van der Waals surface area contributed by atoms with Gasteiger partial charge in [0, 0.05) is 25.8 Å². The number of hydrogen-bond donors (Lipinski definition) is 1. The van der Waals surface area contributed by atoms with Crippen LogP contribution >= 0.6 is 0 Å². The highest BCUT2D eigenvalue weighted by molar-refractivity contribution is 5.73. The van der Waals surface area contributed by atoms with Gasteiger partial charge >= 0.3 is 6.09 Å². The first-order valence-electron chi connectivity index (χ1n) is 9.77. The van der Waals surface area contributed by atoms with Crippen molar-refractivity contribution in [3.8, 4) is 23.0 Å². The minimum Gasteiger partial charge on any atom is -0.447 e. The summed E-state index contributed by atoms with van der Waals surface area (Å²) in [6, 6.07) is 9.44. The summed E-state index contributed by atoms with van der Waals surface area (Å²) in [6.07, 6.45) is 3.77. The lowest BCUT2D eigenvalue weighted by Crippen LogP contribution is -2.35. The normalized spacial score (nSPS) is 13.7. The molecule has 3 aromatic rings. The van der Waals surface area contributed by atoms with E-state index >= 15 is 0 Å². The number of nitrogen functional groups attached to an aromatic ring is 1. The van der Waals surface area contributed by atoms with E-state index in [9.17, 15) is 4.79 Å². The lowest BCUT2D eigenvalue weighted by atomic mass is 10.1. The van der Waals surface area contributed by atoms with Gasteiger partial charge in [-0.15, -0.1) is 10.2 Å². The molecular weight excluding hydrogens is 400 g/mol. The smallest absolute Gasteiger partial charge is 0.410 e. The Bertz CT molecular complexity index is 1080. The fourth-order valence-electron chi connectivity index (χ4n) is 3.10. The minimum atomic E-state index is -0.365. The molecule has 0 saturated carbocycles. The Morgan fingerprint density at radius 1 is 1.19 bits per heavy atom. The number of ether oxygens (including phenoxy) is 2. The molecule has 1 aromatic carbocycles. The molecule has 0 saturated heterocycles. The highest BCUT2D eigenvalue weighted by Crippen LogP contribution is 2.28. The topological polar surface area (TPSA) is 129 Å². The molecule has 1 amide bonds. The van der Waals surface area contributed by atoms with Gasteiger partial charge in [-0.2, -0.15) is 0 Å². The molecule has 10 heteroatoms. The van der Waals surface area contributed by atoms with Crippen LogP contribution in [-0.2, 0) is 9.47 Å². The number of methoxy groups -OCH3 is 1. The molecule has 160 valence electrons. The van der Waals surface area contributed by atoms with E-state index in [-0.39, 0.29) is 24.4 Å². The van der Waals surface area contributed by atoms with Crippen molar-refractivity contribution in [2.75, 3.05) is 39.1 Å². The number of amides is 1. The molecule has 0 bridgehead atoms. The first-order chi connectivity index (χ1) is 15.2. The van der Waals surface area contributed by atoms with Gasteiger partial charge in [-0.1, -0.05) is 24.3 Å². The van der Waals surface area contributed by atoms with Crippen LogP contribution in [0.2, 0.25) is 0 Å². The Hall–Kier alpha value is -3.79. The molecule has 0 aliphatic carbocycles. The first-order valence-corrected chi connectivity index (χ1v) is 9.77. The van der Waals surface area contributed by atoms with E-state index in [1.165, 1.54) is 0 Å². The highest BCUT2D eigenvalue weighted by Gasteiger charge is 2.22. The zero-order chi connectivity index (χ0) is 21.6. The van der Waals surface area contributed by atoms with Crippen LogP contribution in [0.15, 0.2) is 47.0 Å². The van der Waals surface area contributed by atoms with Gasteiger partial charge in [0.15, 0.2) is 11.5 Å². The molecule has 31 heavy (non-hydrogen) atoms. The van der Waals surface area contributed by atoms with Crippen molar-refractivity contribution in [1.29, 1.82) is 0 Å². The van der Waals surface area contributed by atoms with Crippen LogP contribution < -0.4 is 5.73 Å². The number of carbonyl (C=O) groups excluding carboxylic acids is 1. The zero-order valence-electron chi connectivity index (χ0n) is 17.0. The van der Waals surface area contributed by atoms with Crippen molar-refractivity contribution in [2.45, 2.75) is 6.42 Å². The number of nitrogens with two attached hydrogens (primary N) is 1. The zero-order valence-corrected chi connectivity index (χ0v) is 17.0. The Kier molecular flexibility index (Phi) is 6.18. The van der Waals surface area contributed by atoms with Crippen LogP contribution in [0.5, 0.6) is 0 Å². The standard InChI is InChI=1S/C21H22N6O4/c1-29-11-12-30-21(28)27-9-7-14(8-10-27)16-13-23-18(22)17(24-16)20-26-25-19(31-20)15-5-3-2-4-6-15/h2-7,13H,8-12H2,1H3,(H2,22,23). The van der Waals surface area contributed by atoms with Gasteiger partial charge in [-0.25, -0.2) is 14.8 Å². The second-order valence-corrected chi connectivity index (χ2v) is 6.80. The fourth-order valence-corrected chi connectivity index (χ4v) is 3.10. The van der Waals surface area contributed by atoms with Crippen LogP contribution in [0.4, 0.5) is 10.6 Å². The van der Waals surface area contributed by atoms with Crippen molar-refractivity contribution in [2.24, 2.45) is 0 Å². The highest BCUT2D eigenvalue weighted by atomic mass is 16.6. The third-order valence-corrected chi connectivity index (χ3v) is 4.76. The van der Waals surface area contributed by atoms with Gasteiger partial charge < -0.3 is 24.5 Å². The molecule has 1 aliphatic rings. The third-order valence-electron chi connectivity index (χ3n) is 4.76. The molecule has 3 heterocycles. The summed E-state index contributed by atoms with van der Waals surface area (Å²) in [5.41, 5.74) is 8.75. The maximum atomic E-state index is 12.1. The predicted octanol–water partition coefficient (Wildman–Crippen LogP) is 2.65. The molecular formula is C21H22N6O4. The summed E-state index contributed by atoms with van der Waals surface area (Å²) in [5.74, 6) is 0.777. The Morgan fingerprint density at radius 3 is 2.74 bits per heavy atom. The van der Waals surface area contributed by atoms with Crippen molar-refractivity contribution >= 4 is 17.5 Å². The van der Waals surface area contributed by atoms with Crippen LogP contribution in [0.3, 0.4) is 0 Å². The summed E-state index contributed by atoms with van der Waals surface area (Å²) in [4.78, 5) is 22.5. The Balaban J connectivity index is 1.50. The van der Waals surface area contributed by atoms with Crippen molar-refractivity contribution in [3.05, 3.63) is 48.3 Å². The van der Waals surface area contributed by atoms with E-state index in [4.69, 9.17) is 19.6 Å². The molecule has 0 unspecified atom stereocenters. The minimum absolute atomic E-state index is 0.199. The van der Waals surface area contributed by atoms with Crippen molar-refractivity contribution < 1.29 is 18.7 Å². The number of hydrogen-bond acceptors (Lipinski definition) is 9. The number of nitrogens with zero attached hydrogens (tertiary/aromatic N) is 5. The average molecular weight is 422 g/mol. The van der Waals surface area contributed by atoms with Gasteiger partial charge in [0.2, 0.25) is 5.89 Å². The summed E-state index contributed by atoms with van der Waals surface area (Å²) in [7, 11) is 1.56. The SMILES string of the molecule is COCCOC(=O)N1CC=C(c2cnc(N)c(-c3nnc(-c4ccccc4)o3)n2)CC1. The van der Waals surface area contributed by atoms with Gasteiger partial charge in [-0.05, 0) is 24.1 Å².